The van der Waals surface area contributed by atoms with Gasteiger partial charge in [-0.25, -0.2) is 0 Å². The van der Waals surface area contributed by atoms with E-state index in [4.69, 9.17) is 9.47 Å². The number of benzene rings is 2. The van der Waals surface area contributed by atoms with Crippen LogP contribution in [0.3, 0.4) is 0 Å². The average Bonchev–Trinajstić information content (AvgIpc) is 2.76. The first-order chi connectivity index (χ1) is 14.0. The highest BCUT2D eigenvalue weighted by Crippen LogP contribution is 2.41. The van der Waals surface area contributed by atoms with Gasteiger partial charge in [0.05, 0.1) is 18.6 Å². The van der Waals surface area contributed by atoms with Crippen molar-refractivity contribution in [2.45, 2.75) is 70.8 Å². The van der Waals surface area contributed by atoms with Gasteiger partial charge in [0.1, 0.15) is 11.5 Å². The molecule has 0 spiro atoms. The highest BCUT2D eigenvalue weighted by Gasteiger charge is 2.41. The minimum atomic E-state index is -0.482. The Labute approximate surface area is 174 Å². The molecule has 1 saturated carbocycles. The van der Waals surface area contributed by atoms with E-state index >= 15 is 0 Å². The van der Waals surface area contributed by atoms with Crippen molar-refractivity contribution in [1.82, 2.24) is 0 Å². The highest BCUT2D eigenvalue weighted by molar-refractivity contribution is 5.99. The number of ether oxygens (including phenoxy) is 2. The number of amides is 1. The fourth-order valence-corrected chi connectivity index (χ4v) is 4.12. The normalized spacial score (nSPS) is 16.7. The van der Waals surface area contributed by atoms with Crippen LogP contribution < -0.4 is 14.8 Å². The van der Waals surface area contributed by atoms with Gasteiger partial charge >= 0.3 is 0 Å². The molecule has 2 aromatic rings. The second-order valence-corrected chi connectivity index (χ2v) is 8.14. The molecule has 1 fully saturated rings. The lowest BCUT2D eigenvalue weighted by molar-refractivity contribution is -0.122. The van der Waals surface area contributed by atoms with E-state index in [0.29, 0.717) is 0 Å². The monoisotopic (exact) mass is 395 g/mol. The topological polar surface area (TPSA) is 47.6 Å². The molecule has 0 saturated heterocycles. The molecule has 4 heteroatoms. The number of methoxy groups -OCH3 is 1. The summed E-state index contributed by atoms with van der Waals surface area (Å²) in [7, 11) is 1.66. The summed E-state index contributed by atoms with van der Waals surface area (Å²) < 4.78 is 11.2. The molecule has 1 aliphatic carbocycles. The minimum Gasteiger partial charge on any atom is -0.497 e. The number of aryl methyl sites for hydroxylation is 1. The van der Waals surface area contributed by atoms with Gasteiger partial charge in [-0.2, -0.15) is 0 Å². The summed E-state index contributed by atoms with van der Waals surface area (Å²) in [4.78, 5) is 13.5. The molecule has 1 atom stereocenters. The zero-order valence-electron chi connectivity index (χ0n) is 18.1. The molecule has 0 aromatic heterocycles. The van der Waals surface area contributed by atoms with Gasteiger partial charge in [0.25, 0.3) is 0 Å². The molecule has 1 aliphatic rings. The molecule has 1 N–H and O–H groups in total. The molecule has 1 amide bonds. The standard InChI is InChI=1S/C25H33NO3/c1-5-19(3)29-23-14-11-21(17-18(23)2)26-24(27)25(15-7-6-8-16-25)20-9-12-22(28-4)13-10-20/h9-14,17,19H,5-8,15-16H2,1-4H3,(H,26,27)/t19-/m0/s1. The number of hydrogen-bond donors (Lipinski definition) is 1. The SMILES string of the molecule is CC[C@H](C)Oc1ccc(NC(=O)C2(c3ccc(OC)cc3)CCCCC2)cc1C. The first-order valence-corrected chi connectivity index (χ1v) is 10.7. The van der Waals surface area contributed by atoms with Gasteiger partial charge in [0, 0.05) is 5.69 Å². The summed E-state index contributed by atoms with van der Waals surface area (Å²) in [5, 5.41) is 3.19. The van der Waals surface area contributed by atoms with Crippen molar-refractivity contribution in [3.05, 3.63) is 53.6 Å². The molecule has 0 heterocycles. The molecule has 29 heavy (non-hydrogen) atoms. The number of carbonyl (C=O) groups excluding carboxylic acids is 1. The van der Waals surface area contributed by atoms with Gasteiger partial charge in [0.2, 0.25) is 5.91 Å². The van der Waals surface area contributed by atoms with Crippen LogP contribution in [0.25, 0.3) is 0 Å². The number of nitrogens with one attached hydrogen (secondary N) is 1. The lowest BCUT2D eigenvalue weighted by Crippen LogP contribution is -2.42. The first-order valence-electron chi connectivity index (χ1n) is 10.7. The van der Waals surface area contributed by atoms with Crippen LogP contribution in [0.2, 0.25) is 0 Å². The Morgan fingerprint density at radius 2 is 1.79 bits per heavy atom. The molecular weight excluding hydrogens is 362 g/mol. The van der Waals surface area contributed by atoms with E-state index in [1.54, 1.807) is 7.11 Å². The Kier molecular flexibility index (Phi) is 6.83. The molecular formula is C25H33NO3. The van der Waals surface area contributed by atoms with Gasteiger partial charge in [-0.1, -0.05) is 38.3 Å². The number of carbonyl (C=O) groups is 1. The quantitative estimate of drug-likeness (QED) is 0.623. The molecule has 4 nitrogen and oxygen atoms in total. The van der Waals surface area contributed by atoms with E-state index in [0.717, 1.165) is 60.4 Å². The van der Waals surface area contributed by atoms with Gasteiger partial charge in [-0.05, 0) is 74.6 Å². The Balaban J connectivity index is 1.82. The highest BCUT2D eigenvalue weighted by atomic mass is 16.5. The Bertz CT molecular complexity index is 822. The zero-order valence-corrected chi connectivity index (χ0v) is 18.1. The van der Waals surface area contributed by atoms with Crippen molar-refractivity contribution in [3.8, 4) is 11.5 Å². The lowest BCUT2D eigenvalue weighted by atomic mass is 9.68. The zero-order chi connectivity index (χ0) is 20.9. The van der Waals surface area contributed by atoms with E-state index < -0.39 is 5.41 Å². The van der Waals surface area contributed by atoms with Crippen molar-refractivity contribution in [3.63, 3.8) is 0 Å². The summed E-state index contributed by atoms with van der Waals surface area (Å²) >= 11 is 0. The smallest absolute Gasteiger partial charge is 0.235 e. The largest absolute Gasteiger partial charge is 0.497 e. The van der Waals surface area contributed by atoms with E-state index in [2.05, 4.69) is 19.2 Å². The molecule has 2 aromatic carbocycles. The van der Waals surface area contributed by atoms with Crippen LogP contribution in [-0.2, 0) is 10.2 Å². The molecule has 0 aliphatic heterocycles. The lowest BCUT2D eigenvalue weighted by Gasteiger charge is -2.36. The fraction of sp³-hybridized carbons (Fsp3) is 0.480. The summed E-state index contributed by atoms with van der Waals surface area (Å²) in [6, 6.07) is 13.9. The van der Waals surface area contributed by atoms with E-state index in [1.807, 2.05) is 49.4 Å². The number of hydrogen-bond acceptors (Lipinski definition) is 3. The Hall–Kier alpha value is -2.49. The van der Waals surface area contributed by atoms with E-state index in [1.165, 1.54) is 6.42 Å². The van der Waals surface area contributed by atoms with Gasteiger partial charge in [-0.15, -0.1) is 0 Å². The predicted octanol–water partition coefficient (Wildman–Crippen LogP) is 6.02. The molecule has 3 rings (SSSR count). The minimum absolute atomic E-state index is 0.0809. The number of anilines is 1. The maximum atomic E-state index is 13.5. The molecule has 0 bridgehead atoms. The van der Waals surface area contributed by atoms with E-state index in [9.17, 15) is 4.79 Å². The fourth-order valence-electron chi connectivity index (χ4n) is 4.12. The third kappa shape index (κ3) is 4.75. The van der Waals surface area contributed by atoms with Gasteiger partial charge in [0.15, 0.2) is 0 Å². The predicted molar refractivity (Wildman–Crippen MR) is 118 cm³/mol. The molecule has 156 valence electrons. The van der Waals surface area contributed by atoms with Gasteiger partial charge in [-0.3, -0.25) is 4.79 Å². The summed E-state index contributed by atoms with van der Waals surface area (Å²) in [6.07, 6.45) is 6.21. The van der Waals surface area contributed by atoms with Crippen molar-refractivity contribution in [2.75, 3.05) is 12.4 Å². The van der Waals surface area contributed by atoms with Crippen molar-refractivity contribution in [1.29, 1.82) is 0 Å². The third-order valence-electron chi connectivity index (χ3n) is 6.12. The van der Waals surface area contributed by atoms with Crippen molar-refractivity contribution in [2.24, 2.45) is 0 Å². The Morgan fingerprint density at radius 3 is 2.38 bits per heavy atom. The maximum Gasteiger partial charge on any atom is 0.235 e. The number of rotatable bonds is 7. The second-order valence-electron chi connectivity index (χ2n) is 8.14. The van der Waals surface area contributed by atoms with Crippen LogP contribution in [0.15, 0.2) is 42.5 Å². The first kappa shape index (κ1) is 21.2. The summed E-state index contributed by atoms with van der Waals surface area (Å²) in [5.41, 5.74) is 2.45. The molecule has 0 radical (unpaired) electrons. The van der Waals surface area contributed by atoms with Gasteiger partial charge < -0.3 is 14.8 Å². The maximum absolute atomic E-state index is 13.5. The average molecular weight is 396 g/mol. The van der Waals surface area contributed by atoms with Crippen LogP contribution in [0.5, 0.6) is 11.5 Å². The Morgan fingerprint density at radius 1 is 1.10 bits per heavy atom. The van der Waals surface area contributed by atoms with Crippen LogP contribution in [0.1, 0.15) is 63.5 Å². The van der Waals surface area contributed by atoms with Crippen LogP contribution >= 0.6 is 0 Å². The summed E-state index contributed by atoms with van der Waals surface area (Å²) in [5.74, 6) is 1.77. The summed E-state index contributed by atoms with van der Waals surface area (Å²) in [6.45, 7) is 6.20. The second kappa shape index (κ2) is 9.34. The molecule has 0 unspecified atom stereocenters. The van der Waals surface area contributed by atoms with Crippen molar-refractivity contribution < 1.29 is 14.3 Å². The van der Waals surface area contributed by atoms with Crippen molar-refractivity contribution >= 4 is 11.6 Å². The van der Waals surface area contributed by atoms with Crippen LogP contribution in [0.4, 0.5) is 5.69 Å². The van der Waals surface area contributed by atoms with Crippen LogP contribution in [0, 0.1) is 6.92 Å². The van der Waals surface area contributed by atoms with Crippen LogP contribution in [-0.4, -0.2) is 19.1 Å². The third-order valence-corrected chi connectivity index (χ3v) is 6.12. The van der Waals surface area contributed by atoms with E-state index in [-0.39, 0.29) is 12.0 Å².